The van der Waals surface area contributed by atoms with Crippen molar-refractivity contribution >= 4 is 17.3 Å². The number of aliphatic carboxylic acids is 1. The Bertz CT molecular complexity index is 1090. The van der Waals surface area contributed by atoms with Crippen molar-refractivity contribution in [2.24, 2.45) is 17.8 Å². The van der Waals surface area contributed by atoms with E-state index in [1.165, 1.54) is 0 Å². The number of carboxylic acids is 1. The number of carboxylic acid groups (broad SMARTS) is 1. The van der Waals surface area contributed by atoms with E-state index in [0.717, 1.165) is 29.6 Å². The van der Waals surface area contributed by atoms with Crippen LogP contribution in [0.15, 0.2) is 29.4 Å². The van der Waals surface area contributed by atoms with Crippen LogP contribution in [-0.2, 0) is 9.59 Å². The number of fused-ring (bicyclic) bond motifs is 2. The first-order valence-electron chi connectivity index (χ1n) is 12.0. The van der Waals surface area contributed by atoms with Crippen LogP contribution in [-0.4, -0.2) is 36.7 Å². The van der Waals surface area contributed by atoms with Crippen LogP contribution in [0, 0.1) is 29.1 Å². The van der Waals surface area contributed by atoms with Crippen molar-refractivity contribution in [1.29, 1.82) is 5.26 Å². The highest BCUT2D eigenvalue weighted by Crippen LogP contribution is 2.54. The minimum absolute atomic E-state index is 0.0564. The zero-order valence-corrected chi connectivity index (χ0v) is 19.9. The van der Waals surface area contributed by atoms with E-state index in [9.17, 15) is 14.7 Å². The lowest BCUT2D eigenvalue weighted by Crippen LogP contribution is -2.33. The van der Waals surface area contributed by atoms with E-state index in [0.29, 0.717) is 49.0 Å². The number of nitriles is 1. The van der Waals surface area contributed by atoms with E-state index >= 15 is 0 Å². The molecule has 4 rings (SSSR count). The second-order valence-corrected chi connectivity index (χ2v) is 9.53. The summed E-state index contributed by atoms with van der Waals surface area (Å²) in [6, 6.07) is 5.87. The predicted molar refractivity (Wildman–Crippen MR) is 126 cm³/mol. The number of rotatable bonds is 8. The molecule has 3 aliphatic rings. The van der Waals surface area contributed by atoms with Gasteiger partial charge in [0.25, 0.3) is 0 Å². The van der Waals surface area contributed by atoms with Crippen LogP contribution in [0.3, 0.4) is 0 Å². The van der Waals surface area contributed by atoms with E-state index in [-0.39, 0.29) is 35.7 Å². The Kier molecular flexibility index (Phi) is 6.97. The maximum absolute atomic E-state index is 12.7. The zero-order valence-electron chi connectivity index (χ0n) is 19.9. The zero-order chi connectivity index (χ0) is 24.4. The molecular formula is C27H31NO6. The molecule has 1 aromatic carbocycles. The van der Waals surface area contributed by atoms with Gasteiger partial charge in [0, 0.05) is 24.5 Å². The number of unbranched alkanes of at least 4 members (excludes halogenated alkanes) is 1. The summed E-state index contributed by atoms with van der Waals surface area (Å²) in [5.74, 6) is 0.953. The van der Waals surface area contributed by atoms with Crippen molar-refractivity contribution in [1.82, 2.24) is 0 Å². The first-order chi connectivity index (χ1) is 16.3. The third-order valence-corrected chi connectivity index (χ3v) is 6.80. The Hall–Kier alpha value is -3.27. The summed E-state index contributed by atoms with van der Waals surface area (Å²) >= 11 is 0. The van der Waals surface area contributed by atoms with Crippen LogP contribution in [0.25, 0.3) is 5.57 Å². The van der Waals surface area contributed by atoms with Gasteiger partial charge in [-0.3, -0.25) is 4.79 Å². The van der Waals surface area contributed by atoms with Gasteiger partial charge in [-0.15, -0.1) is 0 Å². The number of carbonyl (C=O) groups excluding carboxylic acids is 1. The van der Waals surface area contributed by atoms with E-state index in [4.69, 9.17) is 19.5 Å². The average Bonchev–Trinajstić information content (AvgIpc) is 3.63. The third kappa shape index (κ3) is 4.68. The summed E-state index contributed by atoms with van der Waals surface area (Å²) in [7, 11) is 1.58. The number of benzene rings is 1. The molecule has 1 aliphatic heterocycles. The highest BCUT2D eigenvalue weighted by atomic mass is 16.5. The molecule has 2 unspecified atom stereocenters. The van der Waals surface area contributed by atoms with Gasteiger partial charge in [-0.2, -0.15) is 5.26 Å². The Morgan fingerprint density at radius 1 is 1.26 bits per heavy atom. The number of allylic oxidation sites excluding steroid dienone is 1. The summed E-state index contributed by atoms with van der Waals surface area (Å²) in [4.78, 5) is 24.7. The van der Waals surface area contributed by atoms with Gasteiger partial charge in [0.1, 0.15) is 17.4 Å². The molecule has 0 radical (unpaired) electrons. The van der Waals surface area contributed by atoms with Gasteiger partial charge in [0.2, 0.25) is 0 Å². The number of Topliss-reactive ketones (excluding diaryl/α,β-unsaturated/α-hetero) is 1. The standard InChI is InChI=1S/C27H31NO6/c1-15(2)26-20-12-18(27(30)31)21(29)9-8-17(16-6-7-16)25(20)19-13-23(32-3)24(14-22(19)34-26)33-11-5-4-10-28/h12-17,26H,4-9,11H2,1-3H3,(H,30,31). The lowest BCUT2D eigenvalue weighted by molar-refractivity contribution is -0.134. The molecule has 180 valence electrons. The molecule has 7 nitrogen and oxygen atoms in total. The van der Waals surface area contributed by atoms with Gasteiger partial charge in [-0.1, -0.05) is 13.8 Å². The van der Waals surface area contributed by atoms with Crippen LogP contribution in [0.5, 0.6) is 17.2 Å². The highest BCUT2D eigenvalue weighted by Gasteiger charge is 2.42. The number of carbonyl (C=O) groups is 2. The number of ether oxygens (including phenoxy) is 3. The fourth-order valence-electron chi connectivity index (χ4n) is 4.99. The number of nitrogens with zero attached hydrogens (tertiary/aromatic N) is 1. The van der Waals surface area contributed by atoms with Gasteiger partial charge in [-0.05, 0) is 66.7 Å². The Balaban J connectivity index is 1.89. The molecular weight excluding hydrogens is 434 g/mol. The summed E-state index contributed by atoms with van der Waals surface area (Å²) in [6.45, 7) is 4.45. The van der Waals surface area contributed by atoms with Crippen LogP contribution >= 0.6 is 0 Å². The number of ketones is 1. The first kappa shape index (κ1) is 23.9. The molecule has 2 atom stereocenters. The van der Waals surface area contributed by atoms with Gasteiger partial charge >= 0.3 is 5.97 Å². The molecule has 1 aromatic rings. The summed E-state index contributed by atoms with van der Waals surface area (Å²) in [5.41, 5.74) is 2.56. The number of hydrogen-bond donors (Lipinski definition) is 1. The van der Waals surface area contributed by atoms with Gasteiger partial charge in [0.15, 0.2) is 17.3 Å². The molecule has 0 aromatic heterocycles. The summed E-state index contributed by atoms with van der Waals surface area (Å²) in [6.07, 6.45) is 5.24. The lowest BCUT2D eigenvalue weighted by atomic mass is 9.75. The maximum atomic E-state index is 12.7. The Morgan fingerprint density at radius 3 is 2.65 bits per heavy atom. The van der Waals surface area contributed by atoms with Gasteiger partial charge < -0.3 is 19.3 Å². The van der Waals surface area contributed by atoms with Crippen molar-refractivity contribution < 1.29 is 28.9 Å². The molecule has 34 heavy (non-hydrogen) atoms. The molecule has 1 N–H and O–H groups in total. The molecule has 1 saturated carbocycles. The molecule has 7 heteroatoms. The van der Waals surface area contributed by atoms with Gasteiger partial charge in [-0.25, -0.2) is 4.79 Å². The third-order valence-electron chi connectivity index (χ3n) is 6.80. The van der Waals surface area contributed by atoms with Crippen LogP contribution in [0.4, 0.5) is 0 Å². The number of hydrogen-bond acceptors (Lipinski definition) is 6. The van der Waals surface area contributed by atoms with E-state index in [1.807, 2.05) is 26.0 Å². The second-order valence-electron chi connectivity index (χ2n) is 9.53. The largest absolute Gasteiger partial charge is 0.493 e. The molecule has 0 spiro atoms. The fraction of sp³-hybridized carbons (Fsp3) is 0.519. The normalized spacial score (nSPS) is 22.0. The maximum Gasteiger partial charge on any atom is 0.339 e. The smallest absolute Gasteiger partial charge is 0.339 e. The van der Waals surface area contributed by atoms with Crippen molar-refractivity contribution in [2.75, 3.05) is 13.7 Å². The fourth-order valence-corrected chi connectivity index (χ4v) is 4.99. The quantitative estimate of drug-likeness (QED) is 0.428. The highest BCUT2D eigenvalue weighted by molar-refractivity contribution is 6.17. The molecule has 2 aliphatic carbocycles. The second kappa shape index (κ2) is 9.92. The minimum atomic E-state index is -1.20. The average molecular weight is 466 g/mol. The van der Waals surface area contributed by atoms with Crippen LogP contribution in [0.1, 0.15) is 57.9 Å². The SMILES string of the molecule is COc1cc2c(cc1OCCCC#N)OC(C(C)C)C1=C2C(C2CC2)CCC(=O)C(C(=O)O)=C1. The van der Waals surface area contributed by atoms with Crippen molar-refractivity contribution in [3.05, 3.63) is 34.9 Å². The van der Waals surface area contributed by atoms with Crippen molar-refractivity contribution in [3.8, 4) is 23.3 Å². The first-order valence-corrected chi connectivity index (χ1v) is 12.0. The summed E-state index contributed by atoms with van der Waals surface area (Å²) < 4.78 is 18.0. The molecule has 1 fully saturated rings. The van der Waals surface area contributed by atoms with Crippen molar-refractivity contribution in [2.45, 2.75) is 58.5 Å². The van der Waals surface area contributed by atoms with Crippen molar-refractivity contribution in [3.63, 3.8) is 0 Å². The minimum Gasteiger partial charge on any atom is -0.493 e. The molecule has 0 amide bonds. The molecule has 0 saturated heterocycles. The summed E-state index contributed by atoms with van der Waals surface area (Å²) in [5, 5.41) is 18.5. The number of methoxy groups -OCH3 is 1. The van der Waals surface area contributed by atoms with Gasteiger partial charge in [0.05, 0.1) is 19.8 Å². The predicted octanol–water partition coefficient (Wildman–Crippen LogP) is 4.95. The Labute approximate surface area is 200 Å². The van der Waals surface area contributed by atoms with E-state index in [2.05, 4.69) is 6.07 Å². The topological polar surface area (TPSA) is 106 Å². The van der Waals surface area contributed by atoms with Crippen LogP contribution < -0.4 is 14.2 Å². The lowest BCUT2D eigenvalue weighted by Gasteiger charge is -2.37. The van der Waals surface area contributed by atoms with Crippen LogP contribution in [0.2, 0.25) is 0 Å². The van der Waals surface area contributed by atoms with E-state index < -0.39 is 5.97 Å². The molecule has 1 heterocycles. The Morgan fingerprint density at radius 2 is 2.03 bits per heavy atom. The molecule has 0 bridgehead atoms. The van der Waals surface area contributed by atoms with E-state index in [1.54, 1.807) is 13.2 Å². The monoisotopic (exact) mass is 465 g/mol.